The third-order valence-corrected chi connectivity index (χ3v) is 5.14. The number of esters is 1. The van der Waals surface area contributed by atoms with Gasteiger partial charge in [-0.3, -0.25) is 10.1 Å². The first-order chi connectivity index (χ1) is 10.6. The molecule has 0 bridgehead atoms. The van der Waals surface area contributed by atoms with Crippen molar-refractivity contribution < 1.29 is 14.6 Å². The molecule has 0 spiro atoms. The Morgan fingerprint density at radius 2 is 2.00 bits per heavy atom. The molecule has 0 aromatic rings. The van der Waals surface area contributed by atoms with Gasteiger partial charge in [0.15, 0.2) is 0 Å². The second-order valence-corrected chi connectivity index (χ2v) is 7.03. The molecule has 2 N–H and O–H groups in total. The number of aliphatic hydroxyl groups excluding tert-OH is 1. The van der Waals surface area contributed by atoms with Crippen LogP contribution in [0.3, 0.4) is 0 Å². The van der Waals surface area contributed by atoms with E-state index in [9.17, 15) is 9.90 Å². The van der Waals surface area contributed by atoms with Crippen LogP contribution in [0.4, 0.5) is 0 Å². The molecule has 1 aliphatic heterocycles. The van der Waals surface area contributed by atoms with E-state index in [1.807, 2.05) is 6.92 Å². The molecule has 0 aromatic heterocycles. The summed E-state index contributed by atoms with van der Waals surface area (Å²) in [6.45, 7) is 7.84. The zero-order valence-corrected chi connectivity index (χ0v) is 14.1. The Kier molecular flexibility index (Phi) is 6.66. The summed E-state index contributed by atoms with van der Waals surface area (Å²) in [7, 11) is 0. The van der Waals surface area contributed by atoms with Gasteiger partial charge in [0.1, 0.15) is 5.54 Å². The smallest absolute Gasteiger partial charge is 0.326 e. The summed E-state index contributed by atoms with van der Waals surface area (Å²) < 4.78 is 5.23. The van der Waals surface area contributed by atoms with E-state index >= 15 is 0 Å². The molecule has 0 aromatic carbocycles. The first-order valence-corrected chi connectivity index (χ1v) is 8.88. The number of nitrogens with one attached hydrogen (secondary N) is 1. The number of ether oxygens (including phenoxy) is 1. The number of nitrogens with zero attached hydrogens (tertiary/aromatic N) is 1. The molecular weight excluding hydrogens is 280 g/mol. The number of piperidine rings is 1. The monoisotopic (exact) mass is 312 g/mol. The summed E-state index contributed by atoms with van der Waals surface area (Å²) in [5.41, 5.74) is -0.562. The van der Waals surface area contributed by atoms with Gasteiger partial charge in [0.05, 0.1) is 12.7 Å². The zero-order chi connectivity index (χ0) is 16.0. The van der Waals surface area contributed by atoms with Crippen LogP contribution in [0.25, 0.3) is 0 Å². The third kappa shape index (κ3) is 4.67. The number of β-amino-alcohol motifs (C(OH)–C–C–N with tert-alkyl or cyclic N) is 1. The van der Waals surface area contributed by atoms with Crippen molar-refractivity contribution in [2.24, 2.45) is 5.92 Å². The van der Waals surface area contributed by atoms with Crippen LogP contribution in [-0.4, -0.2) is 60.4 Å². The standard InChI is InChI=1S/C17H32N2O3/c1-3-22-16(21)17(8-4-5-9-17)18-12-15(20)13-19-10-6-14(2)7-11-19/h14-15,18,20H,3-13H2,1-2H3. The van der Waals surface area contributed by atoms with Crippen LogP contribution in [0.15, 0.2) is 0 Å². The molecular formula is C17H32N2O3. The van der Waals surface area contributed by atoms with Gasteiger partial charge in [-0.15, -0.1) is 0 Å². The van der Waals surface area contributed by atoms with Gasteiger partial charge in [-0.05, 0) is 51.6 Å². The van der Waals surface area contributed by atoms with E-state index in [0.717, 1.165) is 44.7 Å². The summed E-state index contributed by atoms with van der Waals surface area (Å²) in [5.74, 6) is 0.656. The number of rotatable bonds is 7. The molecule has 1 atom stereocenters. The SMILES string of the molecule is CCOC(=O)C1(NCC(O)CN2CCC(C)CC2)CCCC1. The Labute approximate surface area is 134 Å². The lowest BCUT2D eigenvalue weighted by molar-refractivity contribution is -0.151. The maximum atomic E-state index is 12.2. The van der Waals surface area contributed by atoms with Gasteiger partial charge < -0.3 is 14.7 Å². The van der Waals surface area contributed by atoms with Crippen molar-refractivity contribution in [3.8, 4) is 0 Å². The van der Waals surface area contributed by atoms with E-state index in [2.05, 4.69) is 17.1 Å². The van der Waals surface area contributed by atoms with Crippen molar-refractivity contribution in [3.63, 3.8) is 0 Å². The quantitative estimate of drug-likeness (QED) is 0.698. The van der Waals surface area contributed by atoms with Crippen LogP contribution >= 0.6 is 0 Å². The maximum Gasteiger partial charge on any atom is 0.326 e. The fourth-order valence-corrected chi connectivity index (χ4v) is 3.62. The Bertz CT molecular complexity index is 348. The number of hydrogen-bond donors (Lipinski definition) is 2. The third-order valence-electron chi connectivity index (χ3n) is 5.14. The van der Waals surface area contributed by atoms with Crippen LogP contribution in [0, 0.1) is 5.92 Å². The summed E-state index contributed by atoms with van der Waals surface area (Å²) >= 11 is 0. The van der Waals surface area contributed by atoms with Gasteiger partial charge in [0, 0.05) is 13.1 Å². The predicted molar refractivity (Wildman–Crippen MR) is 86.7 cm³/mol. The van der Waals surface area contributed by atoms with Crippen molar-refractivity contribution >= 4 is 5.97 Å². The lowest BCUT2D eigenvalue weighted by Crippen LogP contribution is -2.54. The highest BCUT2D eigenvalue weighted by molar-refractivity contribution is 5.81. The van der Waals surface area contributed by atoms with E-state index in [1.54, 1.807) is 0 Å². The topological polar surface area (TPSA) is 61.8 Å². The van der Waals surface area contributed by atoms with E-state index in [-0.39, 0.29) is 5.97 Å². The second kappa shape index (κ2) is 8.27. The Morgan fingerprint density at radius 3 is 2.59 bits per heavy atom. The number of aliphatic hydroxyl groups is 1. The van der Waals surface area contributed by atoms with E-state index < -0.39 is 11.6 Å². The summed E-state index contributed by atoms with van der Waals surface area (Å²) in [5, 5.41) is 13.6. The highest BCUT2D eigenvalue weighted by Gasteiger charge is 2.42. The van der Waals surface area contributed by atoms with Crippen LogP contribution in [0.5, 0.6) is 0 Å². The summed E-state index contributed by atoms with van der Waals surface area (Å²) in [4.78, 5) is 14.6. The molecule has 0 amide bonds. The minimum atomic E-state index is -0.562. The van der Waals surface area contributed by atoms with Gasteiger partial charge >= 0.3 is 5.97 Å². The van der Waals surface area contributed by atoms with E-state index in [0.29, 0.717) is 19.7 Å². The zero-order valence-electron chi connectivity index (χ0n) is 14.1. The molecule has 1 saturated carbocycles. The van der Waals surface area contributed by atoms with Crippen molar-refractivity contribution in [3.05, 3.63) is 0 Å². The lowest BCUT2D eigenvalue weighted by Gasteiger charge is -2.33. The fourth-order valence-electron chi connectivity index (χ4n) is 3.62. The summed E-state index contributed by atoms with van der Waals surface area (Å²) in [6, 6.07) is 0. The number of hydrogen-bond acceptors (Lipinski definition) is 5. The van der Waals surface area contributed by atoms with Gasteiger partial charge in [-0.2, -0.15) is 0 Å². The van der Waals surface area contributed by atoms with Crippen LogP contribution in [0.1, 0.15) is 52.4 Å². The minimum Gasteiger partial charge on any atom is -0.465 e. The molecule has 128 valence electrons. The first-order valence-electron chi connectivity index (χ1n) is 8.88. The van der Waals surface area contributed by atoms with Gasteiger partial charge in [-0.25, -0.2) is 0 Å². The molecule has 1 saturated heterocycles. The van der Waals surface area contributed by atoms with Crippen molar-refractivity contribution in [1.29, 1.82) is 0 Å². The second-order valence-electron chi connectivity index (χ2n) is 7.03. The van der Waals surface area contributed by atoms with Crippen molar-refractivity contribution in [2.45, 2.75) is 64.0 Å². The van der Waals surface area contributed by atoms with Crippen LogP contribution in [0.2, 0.25) is 0 Å². The predicted octanol–water partition coefficient (Wildman–Crippen LogP) is 1.54. The normalized spacial score (nSPS) is 24.3. The Morgan fingerprint density at radius 1 is 1.36 bits per heavy atom. The first kappa shape index (κ1) is 17.7. The average molecular weight is 312 g/mol. The van der Waals surface area contributed by atoms with Crippen LogP contribution < -0.4 is 5.32 Å². The van der Waals surface area contributed by atoms with E-state index in [4.69, 9.17) is 4.74 Å². The molecule has 22 heavy (non-hydrogen) atoms. The molecule has 1 unspecified atom stereocenters. The molecule has 5 nitrogen and oxygen atoms in total. The lowest BCUT2D eigenvalue weighted by atomic mass is 9.97. The highest BCUT2D eigenvalue weighted by Crippen LogP contribution is 2.31. The molecule has 2 fully saturated rings. The van der Waals surface area contributed by atoms with Crippen LogP contribution in [-0.2, 0) is 9.53 Å². The largest absolute Gasteiger partial charge is 0.465 e. The highest BCUT2D eigenvalue weighted by atomic mass is 16.5. The Balaban J connectivity index is 1.78. The molecule has 0 radical (unpaired) electrons. The Hall–Kier alpha value is -0.650. The maximum absolute atomic E-state index is 12.2. The molecule has 5 heteroatoms. The fraction of sp³-hybridized carbons (Fsp3) is 0.941. The number of likely N-dealkylation sites (tertiary alicyclic amines) is 1. The minimum absolute atomic E-state index is 0.147. The van der Waals surface area contributed by atoms with Gasteiger partial charge in [0.2, 0.25) is 0 Å². The van der Waals surface area contributed by atoms with Gasteiger partial charge in [0.25, 0.3) is 0 Å². The van der Waals surface area contributed by atoms with Crippen molar-refractivity contribution in [1.82, 2.24) is 10.2 Å². The van der Waals surface area contributed by atoms with Gasteiger partial charge in [-0.1, -0.05) is 19.8 Å². The molecule has 1 aliphatic carbocycles. The van der Waals surface area contributed by atoms with E-state index in [1.165, 1.54) is 12.8 Å². The average Bonchev–Trinajstić information content (AvgIpc) is 2.98. The molecule has 2 aliphatic rings. The number of carbonyl (C=O) groups is 1. The molecule has 2 rings (SSSR count). The summed E-state index contributed by atoms with van der Waals surface area (Å²) in [6.07, 6.45) is 5.73. The molecule has 1 heterocycles. The number of carbonyl (C=O) groups excluding carboxylic acids is 1. The van der Waals surface area contributed by atoms with Crippen molar-refractivity contribution in [2.75, 3.05) is 32.8 Å².